The average molecular weight is 238 g/mol. The van der Waals surface area contributed by atoms with E-state index in [4.69, 9.17) is 0 Å². The number of benzene rings is 2. The molecule has 2 aromatic rings. The quantitative estimate of drug-likeness (QED) is 0.874. The zero-order valence-corrected chi connectivity index (χ0v) is 10.1. The number of rotatable bonds is 3. The van der Waals surface area contributed by atoms with Crippen LogP contribution >= 0.6 is 0 Å². The Balaban J connectivity index is 2.66. The fraction of sp³-hybridized carbons (Fsp3) is 0.0625. The summed E-state index contributed by atoms with van der Waals surface area (Å²) in [6.45, 7) is 1.94. The summed E-state index contributed by atoms with van der Waals surface area (Å²) in [7, 11) is 0. The average Bonchev–Trinajstić information content (AvgIpc) is 2.40. The summed E-state index contributed by atoms with van der Waals surface area (Å²) in [6, 6.07) is 14.9. The van der Waals surface area contributed by atoms with Crippen molar-refractivity contribution >= 4 is 12.0 Å². The maximum Gasteiger partial charge on any atom is 0.336 e. The van der Waals surface area contributed by atoms with E-state index < -0.39 is 5.97 Å². The van der Waals surface area contributed by atoms with Gasteiger partial charge in [-0.1, -0.05) is 54.6 Å². The summed E-state index contributed by atoms with van der Waals surface area (Å²) in [5, 5.41) is 9.23. The number of carboxylic acid groups (broad SMARTS) is 1. The fourth-order valence-electron chi connectivity index (χ4n) is 1.97. The highest BCUT2D eigenvalue weighted by molar-refractivity contribution is 5.97. The van der Waals surface area contributed by atoms with E-state index in [9.17, 15) is 9.90 Å². The molecular weight excluding hydrogens is 224 g/mol. The molecule has 0 saturated heterocycles. The highest BCUT2D eigenvalue weighted by Gasteiger charge is 2.12. The Labute approximate surface area is 106 Å². The molecule has 0 saturated carbocycles. The molecule has 2 rings (SSSR count). The molecule has 2 nitrogen and oxygen atoms in total. The molecule has 0 bridgehead atoms. The fourth-order valence-corrected chi connectivity index (χ4v) is 1.97. The Morgan fingerprint density at radius 2 is 1.61 bits per heavy atom. The van der Waals surface area contributed by atoms with Crippen LogP contribution in [-0.2, 0) is 0 Å². The van der Waals surface area contributed by atoms with Crippen LogP contribution in [0.5, 0.6) is 0 Å². The Morgan fingerprint density at radius 1 is 1.00 bits per heavy atom. The summed E-state index contributed by atoms with van der Waals surface area (Å²) >= 11 is 0. The second-order valence-electron chi connectivity index (χ2n) is 3.94. The van der Waals surface area contributed by atoms with Crippen LogP contribution in [0.3, 0.4) is 0 Å². The van der Waals surface area contributed by atoms with Crippen LogP contribution in [0.2, 0.25) is 0 Å². The zero-order chi connectivity index (χ0) is 13.0. The van der Waals surface area contributed by atoms with Gasteiger partial charge in [0.25, 0.3) is 0 Å². The molecule has 2 heteroatoms. The van der Waals surface area contributed by atoms with Crippen LogP contribution in [0.4, 0.5) is 0 Å². The third-order valence-electron chi connectivity index (χ3n) is 2.75. The highest BCUT2D eigenvalue weighted by Crippen LogP contribution is 2.27. The molecule has 2 aromatic carbocycles. The Hall–Kier alpha value is -2.35. The van der Waals surface area contributed by atoms with Crippen LogP contribution in [0.25, 0.3) is 17.2 Å². The van der Waals surface area contributed by atoms with Gasteiger partial charge in [-0.05, 0) is 29.7 Å². The third kappa shape index (κ3) is 2.33. The van der Waals surface area contributed by atoms with Gasteiger partial charge in [-0.3, -0.25) is 0 Å². The van der Waals surface area contributed by atoms with Crippen molar-refractivity contribution in [1.29, 1.82) is 0 Å². The number of hydrogen-bond donors (Lipinski definition) is 1. The normalized spacial score (nSPS) is 10.7. The van der Waals surface area contributed by atoms with Gasteiger partial charge in [0.2, 0.25) is 0 Å². The molecule has 0 aliphatic carbocycles. The van der Waals surface area contributed by atoms with Crippen LogP contribution in [0, 0.1) is 0 Å². The molecule has 1 N–H and O–H groups in total. The lowest BCUT2D eigenvalue weighted by Gasteiger charge is -2.09. The lowest BCUT2D eigenvalue weighted by molar-refractivity contribution is 0.0698. The number of allylic oxidation sites excluding steroid dienone is 1. The summed E-state index contributed by atoms with van der Waals surface area (Å²) in [5.74, 6) is -0.902. The molecule has 0 spiro atoms. The van der Waals surface area contributed by atoms with Crippen molar-refractivity contribution in [3.63, 3.8) is 0 Å². The third-order valence-corrected chi connectivity index (χ3v) is 2.75. The maximum atomic E-state index is 11.2. The zero-order valence-electron chi connectivity index (χ0n) is 10.1. The Kier molecular flexibility index (Phi) is 3.58. The van der Waals surface area contributed by atoms with Crippen molar-refractivity contribution in [3.8, 4) is 11.1 Å². The number of carbonyl (C=O) groups is 1. The Morgan fingerprint density at radius 3 is 2.28 bits per heavy atom. The van der Waals surface area contributed by atoms with Crippen molar-refractivity contribution in [2.75, 3.05) is 0 Å². The predicted molar refractivity (Wildman–Crippen MR) is 73.5 cm³/mol. The van der Waals surface area contributed by atoms with E-state index >= 15 is 0 Å². The van der Waals surface area contributed by atoms with Gasteiger partial charge in [0.15, 0.2) is 0 Å². The summed E-state index contributed by atoms with van der Waals surface area (Å²) in [4.78, 5) is 11.2. The molecule has 0 amide bonds. The van der Waals surface area contributed by atoms with Crippen molar-refractivity contribution < 1.29 is 9.90 Å². The SMILES string of the molecule is CC=Cc1ccccc1-c1ccccc1C(=O)O. The molecule has 0 unspecified atom stereocenters. The molecule has 90 valence electrons. The van der Waals surface area contributed by atoms with Crippen molar-refractivity contribution in [2.45, 2.75) is 6.92 Å². The molecule has 0 heterocycles. The van der Waals surface area contributed by atoms with Gasteiger partial charge in [-0.2, -0.15) is 0 Å². The van der Waals surface area contributed by atoms with Gasteiger partial charge >= 0.3 is 5.97 Å². The lowest BCUT2D eigenvalue weighted by Crippen LogP contribution is -1.99. The summed E-state index contributed by atoms with van der Waals surface area (Å²) in [5.41, 5.74) is 3.04. The molecule has 0 atom stereocenters. The van der Waals surface area contributed by atoms with Gasteiger partial charge in [-0.15, -0.1) is 0 Å². The van der Waals surface area contributed by atoms with E-state index in [0.29, 0.717) is 5.56 Å². The van der Waals surface area contributed by atoms with E-state index in [-0.39, 0.29) is 0 Å². The molecule has 0 aliphatic rings. The Bertz CT molecular complexity index is 598. The standard InChI is InChI=1S/C16H14O2/c1-2-7-12-8-3-4-9-13(12)14-10-5-6-11-15(14)16(17)18/h2-11H,1H3,(H,17,18). The second-order valence-corrected chi connectivity index (χ2v) is 3.94. The first-order chi connectivity index (χ1) is 8.74. The van der Waals surface area contributed by atoms with Crippen LogP contribution in [0.15, 0.2) is 54.6 Å². The second kappa shape index (κ2) is 5.32. The lowest BCUT2D eigenvalue weighted by atomic mass is 9.95. The van der Waals surface area contributed by atoms with E-state index in [0.717, 1.165) is 16.7 Å². The first-order valence-corrected chi connectivity index (χ1v) is 5.78. The topological polar surface area (TPSA) is 37.3 Å². The molecule has 0 aliphatic heterocycles. The smallest absolute Gasteiger partial charge is 0.336 e. The molecule has 0 radical (unpaired) electrons. The van der Waals surface area contributed by atoms with Crippen LogP contribution in [0.1, 0.15) is 22.8 Å². The van der Waals surface area contributed by atoms with Gasteiger partial charge in [0.1, 0.15) is 0 Å². The van der Waals surface area contributed by atoms with Gasteiger partial charge in [-0.25, -0.2) is 4.79 Å². The molecular formula is C16H14O2. The number of hydrogen-bond acceptors (Lipinski definition) is 1. The highest BCUT2D eigenvalue weighted by atomic mass is 16.4. The monoisotopic (exact) mass is 238 g/mol. The van der Waals surface area contributed by atoms with Crippen molar-refractivity contribution in [2.24, 2.45) is 0 Å². The van der Waals surface area contributed by atoms with Crippen LogP contribution in [-0.4, -0.2) is 11.1 Å². The minimum atomic E-state index is -0.902. The minimum Gasteiger partial charge on any atom is -0.478 e. The number of carboxylic acids is 1. The van der Waals surface area contributed by atoms with Crippen molar-refractivity contribution in [3.05, 3.63) is 65.7 Å². The minimum absolute atomic E-state index is 0.328. The van der Waals surface area contributed by atoms with Gasteiger partial charge in [0, 0.05) is 0 Å². The molecule has 0 aromatic heterocycles. The largest absolute Gasteiger partial charge is 0.478 e. The van der Waals surface area contributed by atoms with Gasteiger partial charge < -0.3 is 5.11 Å². The van der Waals surface area contributed by atoms with Crippen molar-refractivity contribution in [1.82, 2.24) is 0 Å². The summed E-state index contributed by atoms with van der Waals surface area (Å²) in [6.07, 6.45) is 3.93. The van der Waals surface area contributed by atoms with E-state index in [1.165, 1.54) is 0 Å². The predicted octanol–water partition coefficient (Wildman–Crippen LogP) is 4.08. The molecule has 18 heavy (non-hydrogen) atoms. The summed E-state index contributed by atoms with van der Waals surface area (Å²) < 4.78 is 0. The number of aromatic carboxylic acids is 1. The first kappa shape index (κ1) is 12.1. The molecule has 0 fully saturated rings. The van der Waals surface area contributed by atoms with E-state index in [1.54, 1.807) is 12.1 Å². The van der Waals surface area contributed by atoms with Gasteiger partial charge in [0.05, 0.1) is 5.56 Å². The van der Waals surface area contributed by atoms with E-state index in [1.807, 2.05) is 55.5 Å². The first-order valence-electron chi connectivity index (χ1n) is 5.78. The van der Waals surface area contributed by atoms with Crippen LogP contribution < -0.4 is 0 Å². The van der Waals surface area contributed by atoms with E-state index in [2.05, 4.69) is 0 Å². The maximum absolute atomic E-state index is 11.2.